The van der Waals surface area contributed by atoms with Gasteiger partial charge in [-0.2, -0.15) is 5.10 Å². The third kappa shape index (κ3) is 2.74. The number of thioether (sulfide) groups is 1. The van der Waals surface area contributed by atoms with Gasteiger partial charge in [-0.3, -0.25) is 4.68 Å². The maximum Gasteiger partial charge on any atom is 0.356 e. The molecular weight excluding hydrogens is 318 g/mol. The second-order valence-corrected chi connectivity index (χ2v) is 7.17. The van der Waals surface area contributed by atoms with Crippen molar-refractivity contribution < 1.29 is 9.90 Å². The first-order valence-corrected chi connectivity index (χ1v) is 8.74. The Bertz CT molecular complexity index is 867. The molecule has 0 aliphatic carbocycles. The van der Waals surface area contributed by atoms with Crippen LogP contribution < -0.4 is 0 Å². The first-order valence-electron chi connectivity index (χ1n) is 6.69. The highest BCUT2D eigenvalue weighted by Crippen LogP contribution is 2.31. The van der Waals surface area contributed by atoms with E-state index in [2.05, 4.69) is 29.1 Å². The summed E-state index contributed by atoms with van der Waals surface area (Å²) in [4.78, 5) is 15.7. The van der Waals surface area contributed by atoms with Gasteiger partial charge in [0.15, 0.2) is 10.0 Å². The number of fused-ring (bicyclic) bond motifs is 1. The van der Waals surface area contributed by atoms with E-state index < -0.39 is 5.97 Å². The summed E-state index contributed by atoms with van der Waals surface area (Å²) < 4.78 is 3.91. The van der Waals surface area contributed by atoms with E-state index in [4.69, 9.17) is 5.11 Å². The van der Waals surface area contributed by atoms with Crippen LogP contribution in [0.5, 0.6) is 0 Å². The van der Waals surface area contributed by atoms with Crippen molar-refractivity contribution in [3.05, 3.63) is 40.7 Å². The Morgan fingerprint density at radius 3 is 2.77 bits per heavy atom. The molecule has 0 aliphatic rings. The van der Waals surface area contributed by atoms with Crippen molar-refractivity contribution in [2.24, 2.45) is 0 Å². The highest BCUT2D eigenvalue weighted by molar-refractivity contribution is 8.00. The molecule has 0 spiro atoms. The number of hydrogen-bond donors (Lipinski definition) is 1. The molecule has 3 aromatic rings. The molecule has 114 valence electrons. The van der Waals surface area contributed by atoms with E-state index in [0.717, 1.165) is 25.8 Å². The SMILES string of the molecule is CSc1nc2c(Cn3nc(C(=O)O)cc3C)cc(C)cc2s1. The molecule has 0 bridgehead atoms. The number of carbonyl (C=O) groups is 1. The number of benzene rings is 1. The van der Waals surface area contributed by atoms with Gasteiger partial charge >= 0.3 is 5.97 Å². The minimum atomic E-state index is -1.01. The number of rotatable bonds is 4. The zero-order chi connectivity index (χ0) is 15.9. The van der Waals surface area contributed by atoms with Crippen molar-refractivity contribution in [3.63, 3.8) is 0 Å². The molecule has 7 heteroatoms. The fourth-order valence-electron chi connectivity index (χ4n) is 2.38. The molecule has 0 amide bonds. The second-order valence-electron chi connectivity index (χ2n) is 5.09. The molecule has 1 N–H and O–H groups in total. The van der Waals surface area contributed by atoms with Crippen LogP contribution in [0, 0.1) is 13.8 Å². The Kier molecular flexibility index (Phi) is 3.92. The lowest BCUT2D eigenvalue weighted by atomic mass is 10.1. The van der Waals surface area contributed by atoms with E-state index in [9.17, 15) is 4.79 Å². The molecule has 22 heavy (non-hydrogen) atoms. The predicted octanol–water partition coefficient (Wildman–Crippen LogP) is 3.58. The van der Waals surface area contributed by atoms with Gasteiger partial charge in [0, 0.05) is 11.3 Å². The quantitative estimate of drug-likeness (QED) is 0.739. The summed E-state index contributed by atoms with van der Waals surface area (Å²) in [5, 5.41) is 13.2. The van der Waals surface area contributed by atoms with Crippen LogP contribution >= 0.6 is 23.1 Å². The fraction of sp³-hybridized carbons (Fsp3) is 0.267. The highest BCUT2D eigenvalue weighted by Gasteiger charge is 2.14. The largest absolute Gasteiger partial charge is 0.476 e. The van der Waals surface area contributed by atoms with Gasteiger partial charge in [0.1, 0.15) is 0 Å². The van der Waals surface area contributed by atoms with Gasteiger partial charge in [-0.05, 0) is 37.8 Å². The molecule has 2 aromatic heterocycles. The second kappa shape index (κ2) is 5.73. The summed E-state index contributed by atoms with van der Waals surface area (Å²) in [6, 6.07) is 5.81. The lowest BCUT2D eigenvalue weighted by Gasteiger charge is -2.06. The van der Waals surface area contributed by atoms with Gasteiger partial charge in [-0.1, -0.05) is 17.8 Å². The van der Waals surface area contributed by atoms with Crippen LogP contribution in [-0.2, 0) is 6.54 Å². The van der Waals surface area contributed by atoms with Crippen LogP contribution in [0.4, 0.5) is 0 Å². The van der Waals surface area contributed by atoms with Crippen LogP contribution in [0.3, 0.4) is 0 Å². The number of hydrogen-bond acceptors (Lipinski definition) is 5. The van der Waals surface area contributed by atoms with Gasteiger partial charge < -0.3 is 5.11 Å². The van der Waals surface area contributed by atoms with Gasteiger partial charge in [-0.25, -0.2) is 9.78 Å². The van der Waals surface area contributed by atoms with Crippen molar-refractivity contribution in [1.29, 1.82) is 0 Å². The van der Waals surface area contributed by atoms with E-state index in [1.54, 1.807) is 33.8 Å². The molecule has 0 unspecified atom stereocenters. The predicted molar refractivity (Wildman–Crippen MR) is 89.2 cm³/mol. The van der Waals surface area contributed by atoms with Gasteiger partial charge in [0.2, 0.25) is 0 Å². The monoisotopic (exact) mass is 333 g/mol. The van der Waals surface area contributed by atoms with Crippen LogP contribution in [-0.4, -0.2) is 32.1 Å². The molecule has 1 aromatic carbocycles. The van der Waals surface area contributed by atoms with Gasteiger partial charge in [0.05, 0.1) is 16.8 Å². The van der Waals surface area contributed by atoms with E-state index in [-0.39, 0.29) is 5.69 Å². The molecule has 3 rings (SSSR count). The maximum atomic E-state index is 11.0. The third-order valence-corrected chi connectivity index (χ3v) is 5.38. The van der Waals surface area contributed by atoms with Crippen LogP contribution in [0.2, 0.25) is 0 Å². The number of aromatic nitrogens is 3. The van der Waals surface area contributed by atoms with Crippen LogP contribution in [0.1, 0.15) is 27.3 Å². The van der Waals surface area contributed by atoms with Gasteiger partial charge in [-0.15, -0.1) is 11.3 Å². The van der Waals surface area contributed by atoms with Crippen molar-refractivity contribution >= 4 is 39.3 Å². The molecule has 0 saturated carbocycles. The summed E-state index contributed by atoms with van der Waals surface area (Å²) in [6.07, 6.45) is 2.01. The zero-order valence-corrected chi connectivity index (χ0v) is 14.1. The standard InChI is InChI=1S/C15H15N3O2S2/c1-8-4-10(13-12(5-8)22-15(16-13)21-3)7-18-9(2)6-11(17-18)14(19)20/h4-6H,7H2,1-3H3,(H,19,20). The zero-order valence-electron chi connectivity index (χ0n) is 12.5. The van der Waals surface area contributed by atoms with Crippen LogP contribution in [0.25, 0.3) is 10.2 Å². The molecule has 0 saturated heterocycles. The average Bonchev–Trinajstić information content (AvgIpc) is 3.03. The summed E-state index contributed by atoms with van der Waals surface area (Å²) >= 11 is 3.31. The number of aryl methyl sites for hydroxylation is 2. The Labute approximate surface area is 136 Å². The first-order chi connectivity index (χ1) is 10.5. The van der Waals surface area contributed by atoms with E-state index in [1.165, 1.54) is 5.56 Å². The molecular formula is C15H15N3O2S2. The number of thiazole rings is 1. The Balaban J connectivity index is 2.06. The molecule has 0 aliphatic heterocycles. The minimum Gasteiger partial charge on any atom is -0.476 e. The van der Waals surface area contributed by atoms with Crippen molar-refractivity contribution in [2.75, 3.05) is 6.26 Å². The number of carboxylic acid groups (broad SMARTS) is 1. The summed E-state index contributed by atoms with van der Waals surface area (Å²) in [7, 11) is 0. The van der Waals surface area contributed by atoms with Crippen molar-refractivity contribution in [3.8, 4) is 0 Å². The maximum absolute atomic E-state index is 11.0. The summed E-state index contributed by atoms with van der Waals surface area (Å²) in [5.74, 6) is -1.01. The highest BCUT2D eigenvalue weighted by atomic mass is 32.2. The van der Waals surface area contributed by atoms with Crippen LogP contribution in [0.15, 0.2) is 22.5 Å². The smallest absolute Gasteiger partial charge is 0.356 e. The average molecular weight is 333 g/mol. The van der Waals surface area contributed by atoms with E-state index >= 15 is 0 Å². The molecule has 0 atom stereocenters. The fourth-order valence-corrected chi connectivity index (χ4v) is 4.00. The van der Waals surface area contributed by atoms with E-state index in [0.29, 0.717) is 6.54 Å². The van der Waals surface area contributed by atoms with Crippen molar-refractivity contribution in [2.45, 2.75) is 24.7 Å². The molecule has 2 heterocycles. The Hall–Kier alpha value is -1.86. The molecule has 0 radical (unpaired) electrons. The minimum absolute atomic E-state index is 0.0736. The third-order valence-electron chi connectivity index (χ3n) is 3.39. The normalized spacial score (nSPS) is 11.2. The number of nitrogens with zero attached hydrogens (tertiary/aromatic N) is 3. The lowest BCUT2D eigenvalue weighted by Crippen LogP contribution is -2.06. The lowest BCUT2D eigenvalue weighted by molar-refractivity contribution is 0.0689. The Morgan fingerprint density at radius 1 is 1.36 bits per heavy atom. The Morgan fingerprint density at radius 2 is 2.14 bits per heavy atom. The number of aromatic carboxylic acids is 1. The molecule has 0 fully saturated rings. The van der Waals surface area contributed by atoms with Gasteiger partial charge in [0.25, 0.3) is 0 Å². The summed E-state index contributed by atoms with van der Waals surface area (Å²) in [6.45, 7) is 4.44. The van der Waals surface area contributed by atoms with Crippen molar-refractivity contribution in [1.82, 2.24) is 14.8 Å². The summed E-state index contributed by atoms with van der Waals surface area (Å²) in [5.41, 5.74) is 4.11. The first kappa shape index (κ1) is 15.1. The molecule has 5 nitrogen and oxygen atoms in total. The van der Waals surface area contributed by atoms with E-state index in [1.807, 2.05) is 13.2 Å². The number of carboxylic acids is 1. The topological polar surface area (TPSA) is 68.0 Å².